The molecule has 118 valence electrons. The third-order valence-corrected chi connectivity index (χ3v) is 4.57. The molecule has 5 nitrogen and oxygen atoms in total. The summed E-state index contributed by atoms with van der Waals surface area (Å²) in [6.45, 7) is 5.87. The fourth-order valence-corrected chi connectivity index (χ4v) is 3.07. The molecule has 0 aliphatic carbocycles. The van der Waals surface area contributed by atoms with Gasteiger partial charge >= 0.3 is 0 Å². The molecule has 1 aromatic heterocycles. The Kier molecular flexibility index (Phi) is 4.85. The van der Waals surface area contributed by atoms with Gasteiger partial charge in [0.05, 0.1) is 6.54 Å². The maximum absolute atomic E-state index is 5.86. The zero-order valence-electron chi connectivity index (χ0n) is 13.1. The molecule has 2 N–H and O–H groups in total. The molecule has 0 saturated carbocycles. The number of nitrogens with zero attached hydrogens (tertiary/aromatic N) is 3. The van der Waals surface area contributed by atoms with Crippen molar-refractivity contribution in [2.75, 3.05) is 19.6 Å². The number of aromatic nitrogens is 2. The summed E-state index contributed by atoms with van der Waals surface area (Å²) in [5, 5.41) is 4.09. The van der Waals surface area contributed by atoms with Gasteiger partial charge in [0.2, 0.25) is 5.89 Å². The fourth-order valence-electron chi connectivity index (χ4n) is 3.07. The molecule has 5 heteroatoms. The summed E-state index contributed by atoms with van der Waals surface area (Å²) in [5.74, 6) is 2.73. The first-order valence-electron chi connectivity index (χ1n) is 8.02. The molecule has 2 atom stereocenters. The minimum Gasteiger partial charge on any atom is -0.338 e. The number of piperidine rings is 1. The van der Waals surface area contributed by atoms with Gasteiger partial charge in [-0.05, 0) is 36.9 Å². The highest BCUT2D eigenvalue weighted by atomic mass is 16.5. The van der Waals surface area contributed by atoms with Gasteiger partial charge in [-0.1, -0.05) is 42.4 Å². The van der Waals surface area contributed by atoms with Gasteiger partial charge in [0.25, 0.3) is 0 Å². The predicted molar refractivity (Wildman–Crippen MR) is 85.1 cm³/mol. The smallest absolute Gasteiger partial charge is 0.240 e. The number of hydrogen-bond donors (Lipinski definition) is 1. The van der Waals surface area contributed by atoms with E-state index < -0.39 is 0 Å². The minimum absolute atomic E-state index is 0.570. The highest BCUT2D eigenvalue weighted by Gasteiger charge is 2.26. The second kappa shape index (κ2) is 7.03. The predicted octanol–water partition coefficient (Wildman–Crippen LogP) is 2.08. The van der Waals surface area contributed by atoms with Crippen LogP contribution in [0.3, 0.4) is 0 Å². The first-order valence-corrected chi connectivity index (χ1v) is 8.02. The van der Waals surface area contributed by atoms with Crippen LogP contribution in [-0.2, 0) is 13.0 Å². The van der Waals surface area contributed by atoms with Gasteiger partial charge in [0, 0.05) is 13.0 Å². The molecule has 22 heavy (non-hydrogen) atoms. The van der Waals surface area contributed by atoms with E-state index in [0.29, 0.717) is 24.1 Å². The topological polar surface area (TPSA) is 68.2 Å². The van der Waals surface area contributed by atoms with E-state index in [1.54, 1.807) is 0 Å². The monoisotopic (exact) mass is 300 g/mol. The molecule has 0 radical (unpaired) electrons. The van der Waals surface area contributed by atoms with E-state index in [1.807, 2.05) is 18.2 Å². The molecule has 3 rings (SSSR count). The van der Waals surface area contributed by atoms with Crippen LogP contribution in [0.2, 0.25) is 0 Å². The first kappa shape index (κ1) is 15.2. The molecule has 1 fully saturated rings. The Hall–Kier alpha value is -1.72. The zero-order chi connectivity index (χ0) is 15.4. The van der Waals surface area contributed by atoms with Crippen LogP contribution in [-0.4, -0.2) is 34.7 Å². The summed E-state index contributed by atoms with van der Waals surface area (Å²) in [5.41, 5.74) is 7.06. The van der Waals surface area contributed by atoms with E-state index in [2.05, 4.69) is 34.1 Å². The molecule has 2 heterocycles. The molecule has 2 aromatic rings. The van der Waals surface area contributed by atoms with Gasteiger partial charge in [-0.2, -0.15) is 4.98 Å². The van der Waals surface area contributed by atoms with Crippen molar-refractivity contribution < 1.29 is 4.52 Å². The van der Waals surface area contributed by atoms with Crippen molar-refractivity contribution in [2.24, 2.45) is 17.6 Å². The first-order chi connectivity index (χ1) is 10.7. The van der Waals surface area contributed by atoms with Gasteiger partial charge < -0.3 is 10.3 Å². The summed E-state index contributed by atoms with van der Waals surface area (Å²) in [7, 11) is 0. The van der Waals surface area contributed by atoms with Crippen molar-refractivity contribution >= 4 is 0 Å². The average Bonchev–Trinajstić information content (AvgIpc) is 2.97. The third-order valence-electron chi connectivity index (χ3n) is 4.57. The Labute approximate surface area is 131 Å². The van der Waals surface area contributed by atoms with Gasteiger partial charge in [0.15, 0.2) is 5.82 Å². The SMILES string of the molecule is CC1CCN(Cc2nc(Cc3ccccc3)no2)CC1CN. The summed E-state index contributed by atoms with van der Waals surface area (Å²) in [6, 6.07) is 10.2. The average molecular weight is 300 g/mol. The quantitative estimate of drug-likeness (QED) is 0.915. The molecule has 1 aliphatic heterocycles. The largest absolute Gasteiger partial charge is 0.338 e. The van der Waals surface area contributed by atoms with Crippen LogP contribution >= 0.6 is 0 Å². The second-order valence-electron chi connectivity index (χ2n) is 6.26. The maximum atomic E-state index is 5.86. The normalized spacial score (nSPS) is 22.8. The second-order valence-corrected chi connectivity index (χ2v) is 6.26. The molecule has 0 spiro atoms. The zero-order valence-corrected chi connectivity index (χ0v) is 13.1. The van der Waals surface area contributed by atoms with Crippen LogP contribution in [0.4, 0.5) is 0 Å². The van der Waals surface area contributed by atoms with E-state index >= 15 is 0 Å². The van der Waals surface area contributed by atoms with Crippen molar-refractivity contribution in [3.63, 3.8) is 0 Å². The third kappa shape index (κ3) is 3.72. The maximum Gasteiger partial charge on any atom is 0.240 e. The molecule has 2 unspecified atom stereocenters. The number of benzene rings is 1. The van der Waals surface area contributed by atoms with Crippen LogP contribution in [0.1, 0.15) is 30.6 Å². The Morgan fingerprint density at radius 3 is 2.91 bits per heavy atom. The highest BCUT2D eigenvalue weighted by molar-refractivity contribution is 5.18. The Bertz CT molecular complexity index is 583. The van der Waals surface area contributed by atoms with E-state index in [4.69, 9.17) is 10.3 Å². The van der Waals surface area contributed by atoms with Crippen LogP contribution < -0.4 is 5.73 Å². The molecule has 1 saturated heterocycles. The lowest BCUT2D eigenvalue weighted by Crippen LogP contribution is -2.42. The lowest BCUT2D eigenvalue weighted by atomic mass is 9.87. The molecule has 1 aromatic carbocycles. The highest BCUT2D eigenvalue weighted by Crippen LogP contribution is 2.23. The lowest BCUT2D eigenvalue weighted by Gasteiger charge is -2.35. The molecular weight excluding hydrogens is 276 g/mol. The van der Waals surface area contributed by atoms with Crippen molar-refractivity contribution in [3.8, 4) is 0 Å². The molecular formula is C17H24N4O. The molecule has 0 amide bonds. The van der Waals surface area contributed by atoms with Crippen LogP contribution in [0.5, 0.6) is 0 Å². The van der Waals surface area contributed by atoms with Crippen molar-refractivity contribution in [3.05, 3.63) is 47.6 Å². The van der Waals surface area contributed by atoms with Gasteiger partial charge in [-0.25, -0.2) is 0 Å². The Morgan fingerprint density at radius 2 is 2.14 bits per heavy atom. The Morgan fingerprint density at radius 1 is 1.32 bits per heavy atom. The van der Waals surface area contributed by atoms with Gasteiger partial charge in [-0.15, -0.1) is 0 Å². The summed E-state index contributed by atoms with van der Waals surface area (Å²) in [4.78, 5) is 6.89. The van der Waals surface area contributed by atoms with E-state index in [-0.39, 0.29) is 0 Å². The summed E-state index contributed by atoms with van der Waals surface area (Å²) < 4.78 is 5.40. The van der Waals surface area contributed by atoms with Crippen LogP contribution in [0, 0.1) is 11.8 Å². The van der Waals surface area contributed by atoms with E-state index in [1.165, 1.54) is 12.0 Å². The standard InChI is InChI=1S/C17H24N4O/c1-13-7-8-21(11-15(13)10-18)12-17-19-16(20-22-17)9-14-5-3-2-4-6-14/h2-6,13,15H,7-12,18H2,1H3. The van der Waals surface area contributed by atoms with Gasteiger partial charge in [0.1, 0.15) is 0 Å². The number of nitrogens with two attached hydrogens (primary N) is 1. The number of hydrogen-bond acceptors (Lipinski definition) is 5. The van der Waals surface area contributed by atoms with Gasteiger partial charge in [-0.3, -0.25) is 4.90 Å². The molecule has 0 bridgehead atoms. The summed E-state index contributed by atoms with van der Waals surface area (Å²) in [6.07, 6.45) is 1.90. The lowest BCUT2D eigenvalue weighted by molar-refractivity contribution is 0.114. The minimum atomic E-state index is 0.570. The number of likely N-dealkylation sites (tertiary alicyclic amines) is 1. The van der Waals surface area contributed by atoms with Crippen molar-refractivity contribution in [2.45, 2.75) is 26.3 Å². The number of rotatable bonds is 5. The summed E-state index contributed by atoms with van der Waals surface area (Å²) >= 11 is 0. The fraction of sp³-hybridized carbons (Fsp3) is 0.529. The van der Waals surface area contributed by atoms with E-state index in [9.17, 15) is 0 Å². The van der Waals surface area contributed by atoms with E-state index in [0.717, 1.165) is 32.0 Å². The van der Waals surface area contributed by atoms with Crippen LogP contribution in [0.25, 0.3) is 0 Å². The molecule has 1 aliphatic rings. The van der Waals surface area contributed by atoms with Crippen LogP contribution in [0.15, 0.2) is 34.9 Å². The van der Waals surface area contributed by atoms with Crippen molar-refractivity contribution in [1.29, 1.82) is 0 Å². The Balaban J connectivity index is 1.58. The van der Waals surface area contributed by atoms with Crippen molar-refractivity contribution in [1.82, 2.24) is 15.0 Å².